The van der Waals surface area contributed by atoms with E-state index in [0.717, 1.165) is 12.1 Å². The lowest BCUT2D eigenvalue weighted by Gasteiger charge is -2.07. The minimum Gasteiger partial charge on any atom is -0.352 e. The Morgan fingerprint density at radius 2 is 1.85 bits per heavy atom. The summed E-state index contributed by atoms with van der Waals surface area (Å²) >= 11 is 5.79. The molecule has 20 heavy (non-hydrogen) atoms. The summed E-state index contributed by atoms with van der Waals surface area (Å²) in [5.41, 5.74) is 0.749. The highest BCUT2D eigenvalue weighted by molar-refractivity contribution is 6.31. The summed E-state index contributed by atoms with van der Waals surface area (Å²) in [6, 6.07) is 1.94. The SMILES string of the molecule is O=C(NCCc1cc(F)c(F)cc1Cl)c1cncnc1. The van der Waals surface area contributed by atoms with Crippen molar-refractivity contribution in [1.82, 2.24) is 15.3 Å². The van der Waals surface area contributed by atoms with Crippen LogP contribution in [0.25, 0.3) is 0 Å². The quantitative estimate of drug-likeness (QED) is 0.882. The Morgan fingerprint density at radius 3 is 2.55 bits per heavy atom. The number of carbonyl (C=O) groups excluding carboxylic acids is 1. The fourth-order valence-corrected chi connectivity index (χ4v) is 1.83. The van der Waals surface area contributed by atoms with Gasteiger partial charge in [-0.05, 0) is 24.1 Å². The summed E-state index contributed by atoms with van der Waals surface area (Å²) < 4.78 is 26.0. The van der Waals surface area contributed by atoms with Crippen LogP contribution < -0.4 is 5.32 Å². The molecule has 0 fully saturated rings. The van der Waals surface area contributed by atoms with Crippen molar-refractivity contribution < 1.29 is 13.6 Å². The minimum atomic E-state index is -0.996. The third-order valence-electron chi connectivity index (χ3n) is 2.59. The summed E-state index contributed by atoms with van der Waals surface area (Å²) in [6.07, 6.45) is 4.37. The molecular formula is C13H10ClF2N3O. The lowest BCUT2D eigenvalue weighted by Crippen LogP contribution is -2.26. The van der Waals surface area contributed by atoms with Crippen LogP contribution in [0.15, 0.2) is 30.9 Å². The fourth-order valence-electron chi connectivity index (χ4n) is 1.58. The number of benzene rings is 1. The van der Waals surface area contributed by atoms with Gasteiger partial charge >= 0.3 is 0 Å². The van der Waals surface area contributed by atoms with Crippen LogP contribution in [0.1, 0.15) is 15.9 Å². The molecule has 0 aliphatic heterocycles. The Balaban J connectivity index is 1.94. The van der Waals surface area contributed by atoms with Crippen molar-refractivity contribution >= 4 is 17.5 Å². The predicted octanol–water partition coefficient (Wildman–Crippen LogP) is 2.38. The Kier molecular flexibility index (Phi) is 4.57. The van der Waals surface area contributed by atoms with Crippen molar-refractivity contribution in [2.45, 2.75) is 6.42 Å². The smallest absolute Gasteiger partial charge is 0.254 e. The van der Waals surface area contributed by atoms with E-state index in [1.165, 1.54) is 18.7 Å². The van der Waals surface area contributed by atoms with E-state index < -0.39 is 11.6 Å². The van der Waals surface area contributed by atoms with Crippen LogP contribution in [0.5, 0.6) is 0 Å². The van der Waals surface area contributed by atoms with E-state index in [2.05, 4.69) is 15.3 Å². The highest BCUT2D eigenvalue weighted by atomic mass is 35.5. The molecule has 1 amide bonds. The molecule has 104 valence electrons. The lowest BCUT2D eigenvalue weighted by atomic mass is 10.1. The van der Waals surface area contributed by atoms with Crippen molar-refractivity contribution in [3.63, 3.8) is 0 Å². The third-order valence-corrected chi connectivity index (χ3v) is 2.94. The maximum atomic E-state index is 13.1. The predicted molar refractivity (Wildman–Crippen MR) is 69.4 cm³/mol. The largest absolute Gasteiger partial charge is 0.352 e. The van der Waals surface area contributed by atoms with E-state index in [4.69, 9.17) is 11.6 Å². The van der Waals surface area contributed by atoms with E-state index in [-0.39, 0.29) is 23.9 Å². The molecule has 0 unspecified atom stereocenters. The minimum absolute atomic E-state index is 0.126. The number of halogens is 3. The molecule has 1 aromatic carbocycles. The number of nitrogens with zero attached hydrogens (tertiary/aromatic N) is 2. The maximum Gasteiger partial charge on any atom is 0.254 e. The van der Waals surface area contributed by atoms with E-state index in [9.17, 15) is 13.6 Å². The monoisotopic (exact) mass is 297 g/mol. The summed E-state index contributed by atoms with van der Waals surface area (Å²) in [5.74, 6) is -2.30. The molecule has 0 saturated heterocycles. The molecule has 1 aromatic heterocycles. The number of hydrogen-bond donors (Lipinski definition) is 1. The van der Waals surface area contributed by atoms with Gasteiger partial charge in [-0.15, -0.1) is 0 Å². The normalized spacial score (nSPS) is 10.3. The molecule has 1 N–H and O–H groups in total. The number of nitrogens with one attached hydrogen (secondary N) is 1. The van der Waals surface area contributed by atoms with E-state index in [1.54, 1.807) is 0 Å². The number of amides is 1. The standard InChI is InChI=1S/C13H10ClF2N3O/c14-10-4-12(16)11(15)3-8(10)1-2-19-13(20)9-5-17-7-18-6-9/h3-7H,1-2H2,(H,19,20). The van der Waals surface area contributed by atoms with Gasteiger partial charge in [0.05, 0.1) is 5.56 Å². The molecule has 7 heteroatoms. The second-order valence-electron chi connectivity index (χ2n) is 3.99. The molecule has 0 bridgehead atoms. The molecule has 0 spiro atoms. The van der Waals surface area contributed by atoms with Gasteiger partial charge < -0.3 is 5.32 Å². The van der Waals surface area contributed by atoms with Gasteiger partial charge in [0.1, 0.15) is 6.33 Å². The number of aromatic nitrogens is 2. The van der Waals surface area contributed by atoms with Crippen LogP contribution in [0.2, 0.25) is 5.02 Å². The van der Waals surface area contributed by atoms with E-state index in [0.29, 0.717) is 11.1 Å². The van der Waals surface area contributed by atoms with Gasteiger partial charge in [0.2, 0.25) is 0 Å². The average molecular weight is 298 g/mol. The van der Waals surface area contributed by atoms with Crippen LogP contribution in [0.4, 0.5) is 8.78 Å². The Hall–Kier alpha value is -2.08. The molecule has 2 rings (SSSR count). The second kappa shape index (κ2) is 6.38. The number of rotatable bonds is 4. The van der Waals surface area contributed by atoms with Crippen LogP contribution in [-0.4, -0.2) is 22.4 Å². The molecule has 0 aliphatic rings. The molecule has 0 radical (unpaired) electrons. The Bertz CT molecular complexity index is 623. The van der Waals surface area contributed by atoms with Crippen molar-refractivity contribution in [1.29, 1.82) is 0 Å². The Morgan fingerprint density at radius 1 is 1.20 bits per heavy atom. The Labute approximate surface area is 118 Å². The van der Waals surface area contributed by atoms with Crippen LogP contribution in [-0.2, 0) is 6.42 Å². The molecule has 0 atom stereocenters. The third kappa shape index (κ3) is 3.48. The molecule has 2 aromatic rings. The zero-order valence-electron chi connectivity index (χ0n) is 10.2. The first-order valence-corrected chi connectivity index (χ1v) is 6.12. The zero-order valence-corrected chi connectivity index (χ0v) is 11.0. The molecular weight excluding hydrogens is 288 g/mol. The molecule has 1 heterocycles. The summed E-state index contributed by atoms with van der Waals surface area (Å²) in [4.78, 5) is 19.1. The van der Waals surface area contributed by atoms with Crippen LogP contribution in [0.3, 0.4) is 0 Å². The van der Waals surface area contributed by atoms with Gasteiger partial charge in [-0.3, -0.25) is 4.79 Å². The van der Waals surface area contributed by atoms with Crippen LogP contribution in [0, 0.1) is 11.6 Å². The molecule has 0 saturated carbocycles. The van der Waals surface area contributed by atoms with E-state index in [1.807, 2.05) is 0 Å². The van der Waals surface area contributed by atoms with Crippen molar-refractivity contribution in [2.24, 2.45) is 0 Å². The number of hydrogen-bond acceptors (Lipinski definition) is 3. The summed E-state index contributed by atoms with van der Waals surface area (Å²) in [6.45, 7) is 0.235. The van der Waals surface area contributed by atoms with Crippen molar-refractivity contribution in [2.75, 3.05) is 6.54 Å². The van der Waals surface area contributed by atoms with Gasteiger partial charge in [0.15, 0.2) is 11.6 Å². The first-order chi connectivity index (χ1) is 9.58. The fraction of sp³-hybridized carbons (Fsp3) is 0.154. The first-order valence-electron chi connectivity index (χ1n) is 5.74. The highest BCUT2D eigenvalue weighted by Crippen LogP contribution is 2.20. The van der Waals surface area contributed by atoms with Crippen molar-refractivity contribution in [3.8, 4) is 0 Å². The highest BCUT2D eigenvalue weighted by Gasteiger charge is 2.09. The van der Waals surface area contributed by atoms with Gasteiger partial charge in [0, 0.05) is 24.0 Å². The first kappa shape index (κ1) is 14.3. The summed E-state index contributed by atoms with van der Waals surface area (Å²) in [7, 11) is 0. The molecule has 4 nitrogen and oxygen atoms in total. The van der Waals surface area contributed by atoms with E-state index >= 15 is 0 Å². The van der Waals surface area contributed by atoms with Crippen LogP contribution >= 0.6 is 11.6 Å². The van der Waals surface area contributed by atoms with Gasteiger partial charge in [0.25, 0.3) is 5.91 Å². The number of carbonyl (C=O) groups is 1. The zero-order chi connectivity index (χ0) is 14.5. The lowest BCUT2D eigenvalue weighted by molar-refractivity contribution is 0.0953. The van der Waals surface area contributed by atoms with Gasteiger partial charge in [-0.1, -0.05) is 11.6 Å². The van der Waals surface area contributed by atoms with Crippen molar-refractivity contribution in [3.05, 3.63) is 58.6 Å². The average Bonchev–Trinajstić information content (AvgIpc) is 2.45. The maximum absolute atomic E-state index is 13.1. The summed E-state index contributed by atoms with van der Waals surface area (Å²) in [5, 5.41) is 2.74. The topological polar surface area (TPSA) is 54.9 Å². The molecule has 0 aliphatic carbocycles. The van der Waals surface area contributed by atoms with Gasteiger partial charge in [-0.2, -0.15) is 0 Å². The van der Waals surface area contributed by atoms with Gasteiger partial charge in [-0.25, -0.2) is 18.7 Å². The second-order valence-corrected chi connectivity index (χ2v) is 4.40.